The predicted octanol–water partition coefficient (Wildman–Crippen LogP) is 4.41. The van der Waals surface area contributed by atoms with Gasteiger partial charge in [0.2, 0.25) is 0 Å². The number of halogens is 2. The van der Waals surface area contributed by atoms with Gasteiger partial charge in [-0.2, -0.15) is 0 Å². The first-order chi connectivity index (χ1) is 9.99. The van der Waals surface area contributed by atoms with E-state index in [9.17, 15) is 19.4 Å². The topological polar surface area (TPSA) is 70.7 Å². The molecule has 0 saturated heterocycles. The largest absolute Gasteiger partial charge is 0.505 e. The van der Waals surface area contributed by atoms with Gasteiger partial charge in [-0.25, -0.2) is 9.18 Å². The van der Waals surface area contributed by atoms with Crippen LogP contribution in [0.2, 0.25) is 0 Å². The van der Waals surface area contributed by atoms with Crippen LogP contribution < -0.4 is 0 Å². The summed E-state index contributed by atoms with van der Waals surface area (Å²) in [6.45, 7) is 0. The van der Waals surface area contributed by atoms with E-state index in [1.807, 2.05) is 0 Å². The van der Waals surface area contributed by atoms with Gasteiger partial charge in [0.1, 0.15) is 16.9 Å². The van der Waals surface area contributed by atoms with Crippen molar-refractivity contribution in [2.24, 2.45) is 0 Å². The number of hydrogen-bond acceptors (Lipinski definition) is 3. The molecule has 0 aliphatic heterocycles. The molecule has 0 spiro atoms. The Bertz CT molecular complexity index is 852. The Morgan fingerprint density at radius 2 is 1.81 bits per heavy atom. The fourth-order valence-electron chi connectivity index (χ4n) is 2.15. The van der Waals surface area contributed by atoms with E-state index in [1.54, 1.807) is 24.3 Å². The summed E-state index contributed by atoms with van der Waals surface area (Å²) in [5.74, 6) is -2.89. The smallest absolute Gasteiger partial charge is 0.340 e. The third-order valence-electron chi connectivity index (χ3n) is 3.09. The van der Waals surface area contributed by atoms with Crippen molar-refractivity contribution in [2.45, 2.75) is 0 Å². The molecule has 0 unspecified atom stereocenters. The molecule has 0 bridgehead atoms. The maximum atomic E-state index is 14.0. The van der Waals surface area contributed by atoms with Gasteiger partial charge in [0.05, 0.1) is 5.39 Å². The molecular weight excluding hydrogens is 343 g/mol. The van der Waals surface area contributed by atoms with Crippen LogP contribution in [0.15, 0.2) is 45.3 Å². The van der Waals surface area contributed by atoms with Crippen molar-refractivity contribution in [1.82, 2.24) is 0 Å². The van der Waals surface area contributed by atoms with Crippen LogP contribution in [0.4, 0.5) is 4.39 Å². The van der Waals surface area contributed by atoms with Crippen molar-refractivity contribution in [3.8, 4) is 17.1 Å². The van der Waals surface area contributed by atoms with Crippen LogP contribution in [0.3, 0.4) is 0 Å². The van der Waals surface area contributed by atoms with Gasteiger partial charge in [-0.1, -0.05) is 28.1 Å². The summed E-state index contributed by atoms with van der Waals surface area (Å²) in [5.41, 5.74) is 0.270. The number of aromatic hydroxyl groups is 1. The highest BCUT2D eigenvalue weighted by Gasteiger charge is 2.25. The maximum absolute atomic E-state index is 14.0. The first kappa shape index (κ1) is 13.6. The van der Waals surface area contributed by atoms with E-state index in [0.717, 1.165) is 10.5 Å². The number of carboxylic acids is 1. The van der Waals surface area contributed by atoms with Gasteiger partial charge < -0.3 is 14.6 Å². The molecule has 1 aromatic heterocycles. The Kier molecular flexibility index (Phi) is 3.17. The monoisotopic (exact) mass is 350 g/mol. The molecule has 0 aliphatic carbocycles. The molecule has 0 saturated carbocycles. The number of carbonyl (C=O) groups is 1. The second-order valence-electron chi connectivity index (χ2n) is 4.39. The molecule has 2 aromatic carbocycles. The molecule has 21 heavy (non-hydrogen) atoms. The number of benzene rings is 2. The highest BCUT2D eigenvalue weighted by Crippen LogP contribution is 2.37. The molecule has 0 aliphatic rings. The van der Waals surface area contributed by atoms with Crippen LogP contribution in [-0.2, 0) is 0 Å². The number of phenols is 1. The second kappa shape index (κ2) is 4.89. The maximum Gasteiger partial charge on any atom is 0.340 e. The average molecular weight is 351 g/mol. The van der Waals surface area contributed by atoms with Crippen LogP contribution in [0.25, 0.3) is 22.3 Å². The van der Waals surface area contributed by atoms with Crippen molar-refractivity contribution in [3.63, 3.8) is 0 Å². The highest BCUT2D eigenvalue weighted by molar-refractivity contribution is 9.10. The summed E-state index contributed by atoms with van der Waals surface area (Å²) in [7, 11) is 0. The lowest BCUT2D eigenvalue weighted by Crippen LogP contribution is -1.98. The quantitative estimate of drug-likeness (QED) is 0.718. The summed E-state index contributed by atoms with van der Waals surface area (Å²) in [5, 5.41) is 18.6. The van der Waals surface area contributed by atoms with Gasteiger partial charge in [-0.15, -0.1) is 0 Å². The number of rotatable bonds is 2. The van der Waals surface area contributed by atoms with E-state index < -0.39 is 17.5 Å². The van der Waals surface area contributed by atoms with E-state index in [0.29, 0.717) is 5.56 Å². The van der Waals surface area contributed by atoms with Gasteiger partial charge in [-0.05, 0) is 24.3 Å². The van der Waals surface area contributed by atoms with Gasteiger partial charge in [0, 0.05) is 10.0 Å². The number of phenolic OH excluding ortho intramolecular Hbond substituents is 1. The van der Waals surface area contributed by atoms with E-state index in [4.69, 9.17) is 4.42 Å². The Balaban J connectivity index is 2.38. The normalized spacial score (nSPS) is 11.0. The average Bonchev–Trinajstić information content (AvgIpc) is 2.84. The Morgan fingerprint density at radius 3 is 2.43 bits per heavy atom. The fourth-order valence-corrected chi connectivity index (χ4v) is 2.41. The summed E-state index contributed by atoms with van der Waals surface area (Å²) in [6, 6.07) is 9.22. The zero-order valence-corrected chi connectivity index (χ0v) is 12.0. The predicted molar refractivity (Wildman–Crippen MR) is 77.9 cm³/mol. The second-order valence-corrected chi connectivity index (χ2v) is 5.31. The van der Waals surface area contributed by atoms with Gasteiger partial charge >= 0.3 is 5.97 Å². The zero-order valence-electron chi connectivity index (χ0n) is 10.4. The lowest BCUT2D eigenvalue weighted by molar-refractivity contribution is 0.0699. The van der Waals surface area contributed by atoms with E-state index in [-0.39, 0.29) is 22.3 Å². The molecule has 6 heteroatoms. The van der Waals surface area contributed by atoms with E-state index >= 15 is 0 Å². The Morgan fingerprint density at radius 1 is 1.14 bits per heavy atom. The molecule has 0 fully saturated rings. The lowest BCUT2D eigenvalue weighted by Gasteiger charge is -2.00. The summed E-state index contributed by atoms with van der Waals surface area (Å²) in [6.07, 6.45) is 0. The summed E-state index contributed by atoms with van der Waals surface area (Å²) in [4.78, 5) is 11.5. The highest BCUT2D eigenvalue weighted by atomic mass is 79.9. The fraction of sp³-hybridized carbons (Fsp3) is 0. The first-order valence-electron chi connectivity index (χ1n) is 5.92. The molecule has 0 amide bonds. The molecule has 3 rings (SSSR count). The third-order valence-corrected chi connectivity index (χ3v) is 3.62. The number of furan rings is 1. The molecule has 0 radical (unpaired) electrons. The van der Waals surface area contributed by atoms with Crippen molar-refractivity contribution in [2.75, 3.05) is 0 Å². The van der Waals surface area contributed by atoms with Crippen molar-refractivity contribution in [3.05, 3.63) is 52.3 Å². The molecule has 2 N–H and O–H groups in total. The van der Waals surface area contributed by atoms with Gasteiger partial charge in [-0.3, -0.25) is 0 Å². The number of aromatic carboxylic acids is 1. The van der Waals surface area contributed by atoms with E-state index in [1.165, 1.54) is 6.07 Å². The summed E-state index contributed by atoms with van der Waals surface area (Å²) < 4.78 is 20.3. The minimum atomic E-state index is -1.32. The molecule has 0 atom stereocenters. The number of fused-ring (bicyclic) bond motifs is 1. The van der Waals surface area contributed by atoms with Gasteiger partial charge in [0.15, 0.2) is 11.6 Å². The van der Waals surface area contributed by atoms with Crippen LogP contribution in [-0.4, -0.2) is 16.2 Å². The van der Waals surface area contributed by atoms with Crippen molar-refractivity contribution < 1.29 is 23.8 Å². The lowest BCUT2D eigenvalue weighted by atomic mass is 10.1. The third kappa shape index (κ3) is 2.17. The standard InChI is InChI=1S/C15H8BrFO4/c16-8-3-1-7(2-4-8)14-12(15(19)20)11-10(21-14)6-5-9(18)13(11)17/h1-6,18H,(H,19,20). The molecular formula is C15H8BrFO4. The number of hydrogen-bond donors (Lipinski definition) is 2. The van der Waals surface area contributed by atoms with Crippen LogP contribution in [0.5, 0.6) is 5.75 Å². The summed E-state index contributed by atoms with van der Waals surface area (Å²) >= 11 is 3.28. The first-order valence-corrected chi connectivity index (χ1v) is 6.71. The van der Waals surface area contributed by atoms with Crippen LogP contribution >= 0.6 is 15.9 Å². The zero-order chi connectivity index (χ0) is 15.1. The SMILES string of the molecule is O=C(O)c1c(-c2ccc(Br)cc2)oc2ccc(O)c(F)c12. The Hall–Kier alpha value is -2.34. The molecule has 4 nitrogen and oxygen atoms in total. The minimum Gasteiger partial charge on any atom is -0.505 e. The van der Waals surface area contributed by atoms with E-state index in [2.05, 4.69) is 15.9 Å². The van der Waals surface area contributed by atoms with Crippen molar-refractivity contribution in [1.29, 1.82) is 0 Å². The molecule has 3 aromatic rings. The van der Waals surface area contributed by atoms with Crippen LogP contribution in [0, 0.1) is 5.82 Å². The van der Waals surface area contributed by atoms with Crippen molar-refractivity contribution >= 4 is 32.9 Å². The minimum absolute atomic E-state index is 0.0505. The van der Waals surface area contributed by atoms with Crippen LogP contribution in [0.1, 0.15) is 10.4 Å². The number of carboxylic acid groups (broad SMARTS) is 1. The Labute approximate surface area is 126 Å². The molecule has 106 valence electrons. The van der Waals surface area contributed by atoms with Gasteiger partial charge in [0.25, 0.3) is 0 Å². The molecule has 1 heterocycles.